The molecule has 0 heterocycles. The third kappa shape index (κ3) is 4.80. The van der Waals surface area contributed by atoms with Crippen molar-refractivity contribution in [3.8, 4) is 11.5 Å². The van der Waals surface area contributed by atoms with E-state index in [1.54, 1.807) is 30.0 Å². The maximum absolute atomic E-state index is 11.9. The summed E-state index contributed by atoms with van der Waals surface area (Å²) in [4.78, 5) is 12.9. The zero-order valence-corrected chi connectivity index (χ0v) is 15.4. The van der Waals surface area contributed by atoms with Gasteiger partial charge in [0.1, 0.15) is 18.1 Å². The largest absolute Gasteiger partial charge is 0.508 e. The van der Waals surface area contributed by atoms with E-state index in [9.17, 15) is 9.90 Å². The van der Waals surface area contributed by atoms with Crippen LogP contribution in [0.1, 0.15) is 18.1 Å². The van der Waals surface area contributed by atoms with E-state index in [2.05, 4.69) is 5.32 Å². The van der Waals surface area contributed by atoms with Crippen LogP contribution in [0.3, 0.4) is 0 Å². The van der Waals surface area contributed by atoms with Crippen molar-refractivity contribution in [2.24, 2.45) is 5.84 Å². The molecule has 0 aliphatic carbocycles. The molecule has 2 aromatic rings. The Hall–Kier alpha value is -2.38. The second-order valence-corrected chi connectivity index (χ2v) is 6.31. The monoisotopic (exact) mass is 361 g/mol. The summed E-state index contributed by atoms with van der Waals surface area (Å²) in [5, 5.41) is 13.4. The molecule has 6 nitrogen and oxygen atoms in total. The molecule has 0 saturated heterocycles. The Kier molecular flexibility index (Phi) is 6.55. The first-order valence-corrected chi connectivity index (χ1v) is 9.08. The molecule has 0 atom stereocenters. The van der Waals surface area contributed by atoms with Crippen LogP contribution in [0.15, 0.2) is 41.3 Å². The number of anilines is 1. The van der Waals surface area contributed by atoms with Crippen LogP contribution in [0.2, 0.25) is 0 Å². The second kappa shape index (κ2) is 8.64. The first-order valence-electron chi connectivity index (χ1n) is 7.86. The van der Waals surface area contributed by atoms with Crippen molar-refractivity contribution in [1.82, 2.24) is 5.01 Å². The molecular formula is C18H23N3O3S. The van der Waals surface area contributed by atoms with Crippen LogP contribution in [-0.2, 0) is 13.0 Å². The minimum absolute atomic E-state index is 0.215. The highest BCUT2D eigenvalue weighted by atomic mass is 32.2. The Bertz CT molecular complexity index is 750. The number of phenols is 1. The number of nitrogens with one attached hydrogen (secondary N) is 1. The number of nitrogens with two attached hydrogens (primary N) is 1. The highest BCUT2D eigenvalue weighted by molar-refractivity contribution is 7.98. The Morgan fingerprint density at radius 2 is 2.12 bits per heavy atom. The summed E-state index contributed by atoms with van der Waals surface area (Å²) in [6.45, 7) is 2.29. The zero-order valence-electron chi connectivity index (χ0n) is 14.6. The highest BCUT2D eigenvalue weighted by Gasteiger charge is 2.14. The fourth-order valence-electron chi connectivity index (χ4n) is 2.36. The molecule has 4 N–H and O–H groups in total. The van der Waals surface area contributed by atoms with Crippen LogP contribution in [0.5, 0.6) is 11.5 Å². The van der Waals surface area contributed by atoms with E-state index in [0.717, 1.165) is 27.5 Å². The fourth-order valence-corrected chi connectivity index (χ4v) is 2.99. The van der Waals surface area contributed by atoms with Gasteiger partial charge in [-0.25, -0.2) is 10.6 Å². The van der Waals surface area contributed by atoms with E-state index in [4.69, 9.17) is 10.6 Å². The summed E-state index contributed by atoms with van der Waals surface area (Å²) in [6.07, 6.45) is 2.72. The lowest BCUT2D eigenvalue weighted by atomic mass is 10.1. The second-order valence-electron chi connectivity index (χ2n) is 5.46. The van der Waals surface area contributed by atoms with Gasteiger partial charge in [0.15, 0.2) is 0 Å². The number of hydrogen-bond donors (Lipinski definition) is 3. The summed E-state index contributed by atoms with van der Waals surface area (Å²) in [6, 6.07) is 10.3. The number of benzene rings is 2. The predicted octanol–water partition coefficient (Wildman–Crippen LogP) is 3.59. The summed E-state index contributed by atoms with van der Waals surface area (Å²) in [5.74, 6) is 6.41. The molecule has 0 fully saturated rings. The minimum Gasteiger partial charge on any atom is -0.508 e. The van der Waals surface area contributed by atoms with Crippen LogP contribution >= 0.6 is 11.8 Å². The number of hydrogen-bond acceptors (Lipinski definition) is 5. The van der Waals surface area contributed by atoms with E-state index < -0.39 is 6.03 Å². The van der Waals surface area contributed by atoms with E-state index in [-0.39, 0.29) is 5.75 Å². The van der Waals surface area contributed by atoms with Crippen molar-refractivity contribution in [1.29, 1.82) is 0 Å². The van der Waals surface area contributed by atoms with Crippen molar-refractivity contribution < 1.29 is 14.6 Å². The number of hydrazine groups is 1. The van der Waals surface area contributed by atoms with Crippen LogP contribution in [0.4, 0.5) is 10.5 Å². The van der Waals surface area contributed by atoms with Crippen LogP contribution < -0.4 is 15.9 Å². The van der Waals surface area contributed by atoms with Gasteiger partial charge in [-0.2, -0.15) is 0 Å². The third-order valence-corrected chi connectivity index (χ3v) is 4.53. The summed E-state index contributed by atoms with van der Waals surface area (Å²) < 4.78 is 5.97. The molecule has 7 heteroatoms. The van der Waals surface area contributed by atoms with Crippen molar-refractivity contribution in [3.05, 3.63) is 47.5 Å². The molecule has 0 bridgehead atoms. The average Bonchev–Trinajstić information content (AvgIpc) is 2.60. The van der Waals surface area contributed by atoms with Crippen LogP contribution in [0.25, 0.3) is 0 Å². The molecule has 0 radical (unpaired) electrons. The third-order valence-electron chi connectivity index (χ3n) is 3.71. The summed E-state index contributed by atoms with van der Waals surface area (Å²) >= 11 is 1.58. The molecule has 0 aliphatic heterocycles. The molecule has 0 saturated carbocycles. The van der Waals surface area contributed by atoms with Crippen LogP contribution in [0, 0.1) is 0 Å². The molecule has 25 heavy (non-hydrogen) atoms. The van der Waals surface area contributed by atoms with E-state index in [1.165, 1.54) is 7.05 Å². The van der Waals surface area contributed by atoms with Gasteiger partial charge in [-0.3, -0.25) is 5.01 Å². The number of carbonyl (C=O) groups excluding carboxylic acids is 1. The van der Waals surface area contributed by atoms with Gasteiger partial charge in [0.2, 0.25) is 0 Å². The van der Waals surface area contributed by atoms with Gasteiger partial charge in [0.25, 0.3) is 0 Å². The molecule has 2 amide bonds. The first kappa shape index (κ1) is 19.0. The van der Waals surface area contributed by atoms with Crippen LogP contribution in [-0.4, -0.2) is 29.4 Å². The lowest BCUT2D eigenvalue weighted by molar-refractivity contribution is 0.223. The Labute approximate surface area is 151 Å². The standard InChI is InChI=1S/C18H23N3O3S/c1-4-12-10-13(22)8-9-16(12)24-11-14-15(20-18(23)21(2)19)6-5-7-17(14)25-3/h5-10,22H,4,11,19H2,1-3H3,(H,20,23). The number of amides is 2. The number of rotatable bonds is 6. The van der Waals surface area contributed by atoms with E-state index in [1.807, 2.05) is 31.4 Å². The normalized spacial score (nSPS) is 10.4. The number of ether oxygens (including phenoxy) is 1. The van der Waals surface area contributed by atoms with Crippen molar-refractivity contribution >= 4 is 23.5 Å². The Morgan fingerprint density at radius 3 is 2.76 bits per heavy atom. The van der Waals surface area contributed by atoms with Gasteiger partial charge in [0, 0.05) is 17.5 Å². The molecule has 0 aromatic heterocycles. The van der Waals surface area contributed by atoms with Crippen molar-refractivity contribution in [2.75, 3.05) is 18.6 Å². The number of thioether (sulfide) groups is 1. The van der Waals surface area contributed by atoms with Crippen molar-refractivity contribution in [2.45, 2.75) is 24.8 Å². The number of aromatic hydroxyl groups is 1. The number of phenolic OH excluding ortho intramolecular Hbond substituents is 1. The number of nitrogens with zero attached hydrogens (tertiary/aromatic N) is 1. The highest BCUT2D eigenvalue weighted by Crippen LogP contribution is 2.30. The lowest BCUT2D eigenvalue weighted by Gasteiger charge is -2.18. The molecule has 0 aliphatic rings. The smallest absolute Gasteiger partial charge is 0.335 e. The maximum atomic E-state index is 11.9. The number of urea groups is 1. The van der Waals surface area contributed by atoms with Gasteiger partial charge in [-0.05, 0) is 48.6 Å². The maximum Gasteiger partial charge on any atom is 0.335 e. The summed E-state index contributed by atoms with van der Waals surface area (Å²) in [5.41, 5.74) is 2.46. The van der Waals surface area contributed by atoms with Gasteiger partial charge in [-0.1, -0.05) is 13.0 Å². The molecule has 134 valence electrons. The molecule has 0 spiro atoms. The molecule has 0 unspecified atom stereocenters. The number of aryl methyl sites for hydroxylation is 1. The van der Waals surface area contributed by atoms with Gasteiger partial charge >= 0.3 is 6.03 Å². The molecule has 2 aromatic carbocycles. The predicted molar refractivity (Wildman–Crippen MR) is 101 cm³/mol. The van der Waals surface area contributed by atoms with Gasteiger partial charge in [0.05, 0.1) is 5.69 Å². The Morgan fingerprint density at radius 1 is 1.36 bits per heavy atom. The number of carbonyl (C=O) groups is 1. The quantitative estimate of drug-likeness (QED) is 0.317. The van der Waals surface area contributed by atoms with Gasteiger partial charge < -0.3 is 15.2 Å². The Balaban J connectivity index is 2.27. The van der Waals surface area contributed by atoms with E-state index in [0.29, 0.717) is 18.0 Å². The molecule has 2 rings (SSSR count). The lowest BCUT2D eigenvalue weighted by Crippen LogP contribution is -2.37. The summed E-state index contributed by atoms with van der Waals surface area (Å²) in [7, 11) is 1.48. The minimum atomic E-state index is -0.404. The SMILES string of the molecule is CCc1cc(O)ccc1OCc1c(NC(=O)N(C)N)cccc1SC. The van der Waals surface area contributed by atoms with Crippen molar-refractivity contribution in [3.63, 3.8) is 0 Å². The van der Waals surface area contributed by atoms with E-state index >= 15 is 0 Å². The molecular weight excluding hydrogens is 338 g/mol. The topological polar surface area (TPSA) is 87.8 Å². The average molecular weight is 361 g/mol. The zero-order chi connectivity index (χ0) is 18.4. The van der Waals surface area contributed by atoms with Gasteiger partial charge in [-0.15, -0.1) is 11.8 Å². The first-order chi connectivity index (χ1) is 12.0. The fraction of sp³-hybridized carbons (Fsp3) is 0.278.